The van der Waals surface area contributed by atoms with E-state index < -0.39 is 11.4 Å². The Morgan fingerprint density at radius 1 is 1.38 bits per heavy atom. The van der Waals surface area contributed by atoms with Gasteiger partial charge >= 0.3 is 5.97 Å². The molecule has 1 N–H and O–H groups in total. The van der Waals surface area contributed by atoms with Crippen LogP contribution in [0.25, 0.3) is 0 Å². The minimum absolute atomic E-state index is 0.0344. The maximum atomic E-state index is 11.5. The van der Waals surface area contributed by atoms with E-state index in [2.05, 4.69) is 15.5 Å². The van der Waals surface area contributed by atoms with Crippen LogP contribution in [0.4, 0.5) is 0 Å². The maximum absolute atomic E-state index is 11.5. The van der Waals surface area contributed by atoms with Gasteiger partial charge < -0.3 is 5.11 Å². The van der Waals surface area contributed by atoms with Gasteiger partial charge in [0.1, 0.15) is 0 Å². The average molecular weight is 286 g/mol. The van der Waals surface area contributed by atoms with Crippen molar-refractivity contribution in [3.05, 3.63) is 41.7 Å². The zero-order chi connectivity index (χ0) is 14.9. The molecule has 1 aliphatic carbocycles. The normalized spacial score (nSPS) is 18.0. The van der Waals surface area contributed by atoms with Gasteiger partial charge in [-0.25, -0.2) is 4.68 Å². The van der Waals surface area contributed by atoms with Crippen molar-refractivity contribution in [2.24, 2.45) is 5.41 Å². The molecule has 3 rings (SSSR count). The third-order valence-corrected chi connectivity index (χ3v) is 4.46. The molecule has 0 amide bonds. The first-order chi connectivity index (χ1) is 10.1. The number of carboxylic acids is 1. The Kier molecular flexibility index (Phi) is 3.45. The van der Waals surface area contributed by atoms with Crippen LogP contribution in [-0.2, 0) is 11.3 Å². The zero-order valence-corrected chi connectivity index (χ0v) is 11.9. The van der Waals surface area contributed by atoms with Gasteiger partial charge in [0.2, 0.25) is 0 Å². The topological polar surface area (TPSA) is 80.9 Å². The van der Waals surface area contributed by atoms with Gasteiger partial charge in [-0.3, -0.25) is 4.79 Å². The zero-order valence-electron chi connectivity index (χ0n) is 11.9. The first-order valence-corrected chi connectivity index (χ1v) is 7.17. The summed E-state index contributed by atoms with van der Waals surface area (Å²) in [5, 5.41) is 21.3. The summed E-state index contributed by atoms with van der Waals surface area (Å²) in [6.07, 6.45) is 2.35. The van der Waals surface area contributed by atoms with Gasteiger partial charge in [0.25, 0.3) is 0 Å². The summed E-state index contributed by atoms with van der Waals surface area (Å²) in [7, 11) is 0. The number of hydrogen-bond acceptors (Lipinski definition) is 4. The molecule has 1 aromatic carbocycles. The van der Waals surface area contributed by atoms with E-state index >= 15 is 0 Å². The third kappa shape index (κ3) is 2.41. The lowest BCUT2D eigenvalue weighted by molar-refractivity contribution is -0.156. The molecule has 1 unspecified atom stereocenters. The standard InChI is InChI=1S/C15H18N4O2/c1-11(12-6-3-2-4-7-12)13-16-17-18-19(13)10-15(14(20)21)8-5-9-15/h2-4,6-7,11H,5,8-10H2,1H3,(H,20,21). The van der Waals surface area contributed by atoms with Gasteiger partial charge in [-0.05, 0) is 28.8 Å². The lowest BCUT2D eigenvalue weighted by Crippen LogP contribution is -2.42. The number of carbonyl (C=O) groups is 1. The highest BCUT2D eigenvalue weighted by Crippen LogP contribution is 2.43. The Bertz CT molecular complexity index is 634. The molecule has 0 aliphatic heterocycles. The van der Waals surface area contributed by atoms with Crippen molar-refractivity contribution in [3.63, 3.8) is 0 Å². The number of rotatable bonds is 5. The molecule has 0 saturated heterocycles. The highest BCUT2D eigenvalue weighted by Gasteiger charge is 2.45. The van der Waals surface area contributed by atoms with E-state index in [4.69, 9.17) is 0 Å². The molecule has 0 bridgehead atoms. The van der Waals surface area contributed by atoms with E-state index in [1.165, 1.54) is 0 Å². The van der Waals surface area contributed by atoms with E-state index in [-0.39, 0.29) is 5.92 Å². The van der Waals surface area contributed by atoms with Crippen LogP contribution in [0.5, 0.6) is 0 Å². The van der Waals surface area contributed by atoms with Crippen molar-refractivity contribution in [2.45, 2.75) is 38.6 Å². The summed E-state index contributed by atoms with van der Waals surface area (Å²) in [5.41, 5.74) is 0.423. The fourth-order valence-electron chi connectivity index (χ4n) is 2.85. The molecule has 110 valence electrons. The fraction of sp³-hybridized carbons (Fsp3) is 0.467. The number of aliphatic carboxylic acids is 1. The highest BCUT2D eigenvalue weighted by molar-refractivity contribution is 5.75. The van der Waals surface area contributed by atoms with Crippen molar-refractivity contribution in [2.75, 3.05) is 0 Å². The number of hydrogen-bond donors (Lipinski definition) is 1. The molecule has 1 aliphatic rings. The molecule has 1 saturated carbocycles. The summed E-state index contributed by atoms with van der Waals surface area (Å²) in [6.45, 7) is 2.38. The minimum atomic E-state index is -0.748. The quantitative estimate of drug-likeness (QED) is 0.910. The summed E-state index contributed by atoms with van der Waals surface area (Å²) in [4.78, 5) is 11.5. The van der Waals surface area contributed by atoms with Gasteiger partial charge in [-0.15, -0.1) is 5.10 Å². The summed E-state index contributed by atoms with van der Waals surface area (Å²) < 4.78 is 1.66. The van der Waals surface area contributed by atoms with Crippen LogP contribution in [0, 0.1) is 5.41 Å². The molecule has 0 spiro atoms. The number of nitrogens with zero attached hydrogens (tertiary/aromatic N) is 4. The third-order valence-electron chi connectivity index (χ3n) is 4.46. The summed E-state index contributed by atoms with van der Waals surface area (Å²) >= 11 is 0. The molecule has 21 heavy (non-hydrogen) atoms. The number of carboxylic acid groups (broad SMARTS) is 1. The average Bonchev–Trinajstić information content (AvgIpc) is 2.90. The number of aromatic nitrogens is 4. The molecule has 1 atom stereocenters. The second-order valence-electron chi connectivity index (χ2n) is 5.77. The maximum Gasteiger partial charge on any atom is 0.311 e. The van der Waals surface area contributed by atoms with Crippen molar-refractivity contribution < 1.29 is 9.90 Å². The van der Waals surface area contributed by atoms with Crippen LogP contribution in [0.2, 0.25) is 0 Å². The molecule has 6 nitrogen and oxygen atoms in total. The molecule has 1 heterocycles. The Hall–Kier alpha value is -2.24. The largest absolute Gasteiger partial charge is 0.481 e. The van der Waals surface area contributed by atoms with E-state index in [1.807, 2.05) is 37.3 Å². The molecule has 1 fully saturated rings. The van der Waals surface area contributed by atoms with Gasteiger partial charge in [0.15, 0.2) is 5.82 Å². The van der Waals surface area contributed by atoms with E-state index in [1.54, 1.807) is 4.68 Å². The van der Waals surface area contributed by atoms with Crippen LogP contribution in [-0.4, -0.2) is 31.3 Å². The molecular weight excluding hydrogens is 268 g/mol. The predicted molar refractivity (Wildman–Crippen MR) is 75.7 cm³/mol. The first-order valence-electron chi connectivity index (χ1n) is 7.17. The molecule has 2 aromatic rings. The minimum Gasteiger partial charge on any atom is -0.481 e. The van der Waals surface area contributed by atoms with Crippen molar-refractivity contribution in [1.29, 1.82) is 0 Å². The van der Waals surface area contributed by atoms with E-state index in [0.717, 1.165) is 12.0 Å². The van der Waals surface area contributed by atoms with Crippen LogP contribution in [0.3, 0.4) is 0 Å². The van der Waals surface area contributed by atoms with Crippen molar-refractivity contribution in [1.82, 2.24) is 20.2 Å². The monoisotopic (exact) mass is 286 g/mol. The van der Waals surface area contributed by atoms with Gasteiger partial charge in [-0.1, -0.05) is 43.7 Å². The summed E-state index contributed by atoms with van der Waals surface area (Å²) in [6, 6.07) is 9.97. The highest BCUT2D eigenvalue weighted by atomic mass is 16.4. The Labute approximate surface area is 122 Å². The van der Waals surface area contributed by atoms with Crippen molar-refractivity contribution >= 4 is 5.97 Å². The molecule has 6 heteroatoms. The second-order valence-corrected chi connectivity index (χ2v) is 5.77. The SMILES string of the molecule is CC(c1ccccc1)c1nnnn1CC1(C(=O)O)CCC1. The molecule has 1 aromatic heterocycles. The fourth-order valence-corrected chi connectivity index (χ4v) is 2.85. The summed E-state index contributed by atoms with van der Waals surface area (Å²) in [5.74, 6) is 0.00316. The van der Waals surface area contributed by atoms with Gasteiger partial charge in [0, 0.05) is 5.92 Å². The van der Waals surface area contributed by atoms with E-state index in [0.29, 0.717) is 25.2 Å². The van der Waals surface area contributed by atoms with Crippen LogP contribution < -0.4 is 0 Å². The van der Waals surface area contributed by atoms with Crippen LogP contribution >= 0.6 is 0 Å². The number of tetrazole rings is 1. The Morgan fingerprint density at radius 2 is 2.10 bits per heavy atom. The first kappa shape index (κ1) is 13.7. The smallest absolute Gasteiger partial charge is 0.311 e. The van der Waals surface area contributed by atoms with E-state index in [9.17, 15) is 9.90 Å². The van der Waals surface area contributed by atoms with Gasteiger partial charge in [-0.2, -0.15) is 0 Å². The van der Waals surface area contributed by atoms with Crippen LogP contribution in [0.15, 0.2) is 30.3 Å². The predicted octanol–water partition coefficient (Wildman–Crippen LogP) is 2.08. The molecular formula is C15H18N4O2. The van der Waals surface area contributed by atoms with Gasteiger partial charge in [0.05, 0.1) is 12.0 Å². The number of benzene rings is 1. The van der Waals surface area contributed by atoms with Crippen molar-refractivity contribution in [3.8, 4) is 0 Å². The lowest BCUT2D eigenvalue weighted by Gasteiger charge is -2.37. The molecule has 0 radical (unpaired) electrons. The second kappa shape index (κ2) is 5.27. The van der Waals surface area contributed by atoms with Crippen LogP contribution in [0.1, 0.15) is 43.5 Å². The Morgan fingerprint density at radius 3 is 2.67 bits per heavy atom. The Balaban J connectivity index is 1.86. The lowest BCUT2D eigenvalue weighted by atomic mass is 9.69.